The maximum absolute atomic E-state index is 12.6. The molecule has 0 bridgehead atoms. The van der Waals surface area contributed by atoms with Gasteiger partial charge in [-0.15, -0.1) is 0 Å². The van der Waals surface area contributed by atoms with E-state index in [1.54, 1.807) is 13.8 Å². The standard InChI is InChI=1S/C15H24NO5P/c1-5-12(6-2)15(3,4)21-22(19,20)13(14(17)18)11-8-7-9-16-10-11/h7-10,12-13H,5-6H2,1-4H3,(H,17,18)(H,19,20). The summed E-state index contributed by atoms with van der Waals surface area (Å²) in [5, 5.41) is 9.37. The number of carbonyl (C=O) groups is 1. The van der Waals surface area contributed by atoms with Crippen LogP contribution < -0.4 is 0 Å². The third-order valence-electron chi connectivity index (χ3n) is 3.90. The van der Waals surface area contributed by atoms with Crippen molar-refractivity contribution in [1.29, 1.82) is 0 Å². The van der Waals surface area contributed by atoms with Crippen LogP contribution in [0.25, 0.3) is 0 Å². The molecule has 0 saturated carbocycles. The van der Waals surface area contributed by atoms with E-state index in [-0.39, 0.29) is 11.5 Å². The molecule has 1 rings (SSSR count). The molecule has 2 unspecified atom stereocenters. The third kappa shape index (κ3) is 4.38. The van der Waals surface area contributed by atoms with E-state index >= 15 is 0 Å². The van der Waals surface area contributed by atoms with Crippen LogP contribution in [0.2, 0.25) is 0 Å². The van der Waals surface area contributed by atoms with Gasteiger partial charge in [-0.3, -0.25) is 14.3 Å². The van der Waals surface area contributed by atoms with E-state index in [4.69, 9.17) is 4.52 Å². The predicted molar refractivity (Wildman–Crippen MR) is 83.7 cm³/mol. The summed E-state index contributed by atoms with van der Waals surface area (Å²) in [4.78, 5) is 25.6. The van der Waals surface area contributed by atoms with E-state index in [2.05, 4.69) is 4.98 Å². The monoisotopic (exact) mass is 329 g/mol. The average Bonchev–Trinajstić information content (AvgIpc) is 2.38. The Labute approximate surface area is 131 Å². The first-order valence-corrected chi connectivity index (χ1v) is 8.96. The van der Waals surface area contributed by atoms with Gasteiger partial charge in [-0.05, 0) is 31.4 Å². The molecule has 6 nitrogen and oxygen atoms in total. The number of carboxylic acid groups (broad SMARTS) is 1. The number of aromatic nitrogens is 1. The van der Waals surface area contributed by atoms with Crippen LogP contribution in [0.4, 0.5) is 0 Å². The lowest BCUT2D eigenvalue weighted by Crippen LogP contribution is -2.34. The van der Waals surface area contributed by atoms with Crippen LogP contribution in [0.5, 0.6) is 0 Å². The lowest BCUT2D eigenvalue weighted by atomic mass is 9.87. The summed E-state index contributed by atoms with van der Waals surface area (Å²) in [5.74, 6) is -1.35. The number of hydrogen-bond acceptors (Lipinski definition) is 4. The average molecular weight is 329 g/mol. The fraction of sp³-hybridized carbons (Fsp3) is 0.600. The summed E-state index contributed by atoms with van der Waals surface area (Å²) in [5.41, 5.74) is -2.39. The summed E-state index contributed by atoms with van der Waals surface area (Å²) in [6.07, 6.45) is 4.29. The molecule has 0 amide bonds. The second-order valence-corrected chi connectivity index (χ2v) is 7.63. The fourth-order valence-corrected chi connectivity index (χ4v) is 4.48. The Morgan fingerprint density at radius 1 is 1.41 bits per heavy atom. The molecule has 0 spiro atoms. The van der Waals surface area contributed by atoms with Crippen molar-refractivity contribution in [2.24, 2.45) is 5.92 Å². The molecule has 7 heteroatoms. The van der Waals surface area contributed by atoms with Crippen molar-refractivity contribution in [2.45, 2.75) is 51.8 Å². The molecule has 0 saturated heterocycles. The van der Waals surface area contributed by atoms with Gasteiger partial charge in [-0.1, -0.05) is 32.8 Å². The van der Waals surface area contributed by atoms with Crippen molar-refractivity contribution in [2.75, 3.05) is 0 Å². The number of nitrogens with zero attached hydrogens (tertiary/aromatic N) is 1. The van der Waals surface area contributed by atoms with Crippen LogP contribution in [0.3, 0.4) is 0 Å². The van der Waals surface area contributed by atoms with Gasteiger partial charge >= 0.3 is 13.6 Å². The molecule has 22 heavy (non-hydrogen) atoms. The van der Waals surface area contributed by atoms with E-state index in [1.165, 1.54) is 24.5 Å². The molecule has 0 aliphatic carbocycles. The van der Waals surface area contributed by atoms with E-state index in [0.29, 0.717) is 0 Å². The molecule has 0 aromatic carbocycles. The molecule has 2 atom stereocenters. The van der Waals surface area contributed by atoms with E-state index in [0.717, 1.165) is 12.8 Å². The van der Waals surface area contributed by atoms with Gasteiger partial charge in [-0.2, -0.15) is 0 Å². The Bertz CT molecular complexity index is 542. The van der Waals surface area contributed by atoms with Gasteiger partial charge < -0.3 is 14.5 Å². The van der Waals surface area contributed by atoms with Gasteiger partial charge in [0.15, 0.2) is 5.66 Å². The lowest BCUT2D eigenvalue weighted by molar-refractivity contribution is -0.137. The van der Waals surface area contributed by atoms with Crippen LogP contribution in [0, 0.1) is 5.92 Å². The first-order valence-electron chi connectivity index (χ1n) is 7.31. The van der Waals surface area contributed by atoms with Gasteiger partial charge in [0.2, 0.25) is 0 Å². The smallest absolute Gasteiger partial charge is 0.347 e. The number of carboxylic acids is 1. The maximum atomic E-state index is 12.6. The second-order valence-electron chi connectivity index (χ2n) is 5.80. The molecule has 2 N–H and O–H groups in total. The van der Waals surface area contributed by atoms with Crippen LogP contribution >= 0.6 is 7.60 Å². The Morgan fingerprint density at radius 3 is 2.41 bits per heavy atom. The van der Waals surface area contributed by atoms with E-state index < -0.39 is 24.8 Å². The molecule has 0 aliphatic rings. The van der Waals surface area contributed by atoms with Crippen LogP contribution in [-0.2, 0) is 13.9 Å². The fourth-order valence-electron chi connectivity index (χ4n) is 2.74. The van der Waals surface area contributed by atoms with E-state index in [1.807, 2.05) is 13.8 Å². The van der Waals surface area contributed by atoms with Gasteiger partial charge in [0.05, 0.1) is 5.60 Å². The van der Waals surface area contributed by atoms with Gasteiger partial charge in [-0.25, -0.2) is 0 Å². The van der Waals surface area contributed by atoms with Crippen molar-refractivity contribution in [3.05, 3.63) is 30.1 Å². The predicted octanol–water partition coefficient (Wildman–Crippen LogP) is 3.62. The molecule has 0 radical (unpaired) electrons. The van der Waals surface area contributed by atoms with Crippen molar-refractivity contribution in [3.8, 4) is 0 Å². The molecule has 0 aliphatic heterocycles. The topological polar surface area (TPSA) is 96.7 Å². The molecular formula is C15H24NO5P. The summed E-state index contributed by atoms with van der Waals surface area (Å²) in [7, 11) is -4.42. The number of rotatable bonds is 8. The maximum Gasteiger partial charge on any atom is 0.347 e. The second kappa shape index (κ2) is 7.36. The highest BCUT2D eigenvalue weighted by atomic mass is 31.2. The Morgan fingerprint density at radius 2 is 2.00 bits per heavy atom. The molecular weight excluding hydrogens is 305 g/mol. The zero-order valence-corrected chi connectivity index (χ0v) is 14.3. The normalized spacial score (nSPS) is 16.3. The minimum absolute atomic E-state index is 0.0521. The van der Waals surface area contributed by atoms with Crippen LogP contribution in [0.1, 0.15) is 51.8 Å². The summed E-state index contributed by atoms with van der Waals surface area (Å²) in [6.45, 7) is 7.38. The lowest BCUT2D eigenvalue weighted by Gasteiger charge is -2.36. The first kappa shape index (κ1) is 18.8. The number of aliphatic carboxylic acids is 1. The van der Waals surface area contributed by atoms with Crippen molar-refractivity contribution in [1.82, 2.24) is 4.98 Å². The van der Waals surface area contributed by atoms with Gasteiger partial charge in [0.25, 0.3) is 0 Å². The Kier molecular flexibility index (Phi) is 6.29. The highest BCUT2D eigenvalue weighted by Crippen LogP contribution is 2.60. The largest absolute Gasteiger partial charge is 0.480 e. The SMILES string of the molecule is CCC(CC)C(C)(C)OP(=O)(O)C(C(=O)O)c1cccnc1. The third-order valence-corrected chi connectivity index (χ3v) is 5.80. The highest BCUT2D eigenvalue weighted by molar-refractivity contribution is 7.54. The van der Waals surface area contributed by atoms with E-state index in [9.17, 15) is 19.4 Å². The quantitative estimate of drug-likeness (QED) is 0.707. The molecule has 1 aromatic rings. The Hall–Kier alpha value is -1.23. The zero-order valence-electron chi connectivity index (χ0n) is 13.4. The number of pyridine rings is 1. The van der Waals surface area contributed by atoms with Gasteiger partial charge in [0.1, 0.15) is 0 Å². The van der Waals surface area contributed by atoms with Crippen molar-refractivity contribution >= 4 is 13.6 Å². The van der Waals surface area contributed by atoms with Crippen LogP contribution in [0.15, 0.2) is 24.5 Å². The minimum atomic E-state index is -4.42. The zero-order chi connectivity index (χ0) is 17.0. The molecule has 1 aromatic heterocycles. The molecule has 0 fully saturated rings. The molecule has 124 valence electrons. The van der Waals surface area contributed by atoms with Crippen molar-refractivity contribution < 1.29 is 23.9 Å². The Balaban J connectivity index is 3.14. The molecule has 1 heterocycles. The van der Waals surface area contributed by atoms with Gasteiger partial charge in [0, 0.05) is 12.4 Å². The van der Waals surface area contributed by atoms with Crippen molar-refractivity contribution in [3.63, 3.8) is 0 Å². The summed E-state index contributed by atoms with van der Waals surface area (Å²) >= 11 is 0. The minimum Gasteiger partial charge on any atom is -0.480 e. The number of hydrogen-bond donors (Lipinski definition) is 2. The van der Waals surface area contributed by atoms with Crippen LogP contribution in [-0.4, -0.2) is 26.6 Å². The summed E-state index contributed by atoms with van der Waals surface area (Å²) < 4.78 is 18.1. The first-order chi connectivity index (χ1) is 10.2. The summed E-state index contributed by atoms with van der Waals surface area (Å²) in [6, 6.07) is 2.99. The highest BCUT2D eigenvalue weighted by Gasteiger charge is 2.45.